The van der Waals surface area contributed by atoms with Crippen LogP contribution in [0.15, 0.2) is 77.7 Å². The molecule has 0 fully saturated rings. The van der Waals surface area contributed by atoms with Crippen molar-refractivity contribution in [3.05, 3.63) is 111 Å². The minimum Gasteiger partial charge on any atom is -0.492 e. The van der Waals surface area contributed by atoms with E-state index in [0.29, 0.717) is 24.4 Å². The Labute approximate surface area is 212 Å². The Morgan fingerprint density at radius 2 is 1.76 bits per heavy atom. The zero-order valence-corrected chi connectivity index (χ0v) is 19.9. The predicted octanol–water partition coefficient (Wildman–Crippen LogP) is 2.64. The summed E-state index contributed by atoms with van der Waals surface area (Å²) >= 11 is 0. The molecule has 0 spiro atoms. The highest BCUT2D eigenvalue weighted by Crippen LogP contribution is 2.25. The quantitative estimate of drug-likeness (QED) is 0.304. The van der Waals surface area contributed by atoms with E-state index in [9.17, 15) is 14.4 Å². The first kappa shape index (κ1) is 23.9. The van der Waals surface area contributed by atoms with Crippen LogP contribution in [0.25, 0.3) is 0 Å². The number of nitrogens with one attached hydrogen (secondary N) is 3. The van der Waals surface area contributed by atoms with Crippen molar-refractivity contribution in [2.75, 3.05) is 13.2 Å². The van der Waals surface area contributed by atoms with Crippen molar-refractivity contribution in [3.8, 4) is 11.5 Å². The van der Waals surface area contributed by atoms with Gasteiger partial charge in [-0.3, -0.25) is 19.5 Å². The predicted molar refractivity (Wildman–Crippen MR) is 134 cm³/mol. The van der Waals surface area contributed by atoms with Crippen LogP contribution in [-0.2, 0) is 19.7 Å². The van der Waals surface area contributed by atoms with Crippen molar-refractivity contribution in [1.29, 1.82) is 0 Å². The molecule has 3 N–H and O–H groups in total. The van der Waals surface area contributed by atoms with Gasteiger partial charge < -0.3 is 24.7 Å². The van der Waals surface area contributed by atoms with Gasteiger partial charge in [-0.1, -0.05) is 48.5 Å². The molecule has 0 bridgehead atoms. The molecule has 10 heteroatoms. The van der Waals surface area contributed by atoms with Crippen LogP contribution >= 0.6 is 0 Å². The molecule has 2 amide bonds. The van der Waals surface area contributed by atoms with E-state index in [2.05, 4.69) is 20.5 Å². The number of carbonyl (C=O) groups is 2. The SMILES string of the molecule is O=C(NCCOc1ccccc1)c1n[nH]c2c1CN(C(=O)c1cc(=O)c(OCc3ccccc3)c[nH]1)C2. The van der Waals surface area contributed by atoms with E-state index in [4.69, 9.17) is 9.47 Å². The Balaban J connectivity index is 1.16. The molecule has 5 rings (SSSR count). The number of aromatic nitrogens is 3. The third-order valence-electron chi connectivity index (χ3n) is 5.90. The lowest BCUT2D eigenvalue weighted by molar-refractivity contribution is 0.0741. The standard InChI is InChI=1S/C27H25N5O5/c33-23-13-21(29-14-24(23)37-17-18-7-3-1-4-8-18)27(35)32-15-20-22(16-32)30-31-25(20)26(34)28-11-12-36-19-9-5-2-6-10-19/h1-10,13-14H,11-12,15-17H2,(H,28,34)(H,29,33)(H,30,31). The summed E-state index contributed by atoms with van der Waals surface area (Å²) in [4.78, 5) is 42.6. The molecule has 1 aliphatic heterocycles. The van der Waals surface area contributed by atoms with Crippen molar-refractivity contribution in [1.82, 2.24) is 25.4 Å². The Morgan fingerprint density at radius 1 is 1.00 bits per heavy atom. The van der Waals surface area contributed by atoms with Crippen molar-refractivity contribution in [3.63, 3.8) is 0 Å². The van der Waals surface area contributed by atoms with E-state index in [1.165, 1.54) is 17.2 Å². The molecule has 0 saturated carbocycles. The number of hydrogen-bond acceptors (Lipinski definition) is 6. The fourth-order valence-electron chi connectivity index (χ4n) is 4.01. The number of pyridine rings is 1. The molecule has 0 radical (unpaired) electrons. The first-order chi connectivity index (χ1) is 18.1. The van der Waals surface area contributed by atoms with E-state index in [-0.39, 0.29) is 48.6 Å². The van der Waals surface area contributed by atoms with Crippen molar-refractivity contribution < 1.29 is 19.1 Å². The molecule has 37 heavy (non-hydrogen) atoms. The van der Waals surface area contributed by atoms with E-state index in [0.717, 1.165) is 11.3 Å². The first-order valence-corrected chi connectivity index (χ1v) is 11.8. The van der Waals surface area contributed by atoms with Crippen LogP contribution in [0.2, 0.25) is 0 Å². The maximum absolute atomic E-state index is 13.0. The lowest BCUT2D eigenvalue weighted by atomic mass is 10.2. The van der Waals surface area contributed by atoms with Gasteiger partial charge in [-0.15, -0.1) is 0 Å². The van der Waals surface area contributed by atoms with E-state index in [1.807, 2.05) is 60.7 Å². The lowest BCUT2D eigenvalue weighted by Gasteiger charge is -2.16. The third-order valence-corrected chi connectivity index (χ3v) is 5.90. The number of ether oxygens (including phenoxy) is 2. The summed E-state index contributed by atoms with van der Waals surface area (Å²) in [5.41, 5.74) is 2.25. The second kappa shape index (κ2) is 10.8. The van der Waals surface area contributed by atoms with Crippen LogP contribution in [-0.4, -0.2) is 45.0 Å². The van der Waals surface area contributed by atoms with Crippen molar-refractivity contribution in [2.45, 2.75) is 19.7 Å². The number of fused-ring (bicyclic) bond motifs is 1. The largest absolute Gasteiger partial charge is 0.492 e. The number of aromatic amines is 2. The molecular formula is C27H25N5O5. The van der Waals surface area contributed by atoms with Gasteiger partial charge in [0.05, 0.1) is 25.3 Å². The van der Waals surface area contributed by atoms with Crippen LogP contribution in [0.3, 0.4) is 0 Å². The van der Waals surface area contributed by atoms with Crippen molar-refractivity contribution in [2.24, 2.45) is 0 Å². The summed E-state index contributed by atoms with van der Waals surface area (Å²) in [5.74, 6) is 0.141. The fraction of sp³-hybridized carbons (Fsp3) is 0.185. The maximum Gasteiger partial charge on any atom is 0.272 e. The Bertz CT molecular complexity index is 1450. The molecule has 10 nitrogen and oxygen atoms in total. The van der Waals surface area contributed by atoms with Crippen molar-refractivity contribution >= 4 is 11.8 Å². The molecule has 0 aliphatic carbocycles. The Morgan fingerprint density at radius 3 is 2.51 bits per heavy atom. The van der Waals surface area contributed by atoms with Crippen LogP contribution in [0.5, 0.6) is 11.5 Å². The molecule has 4 aromatic rings. The van der Waals surface area contributed by atoms with Crippen LogP contribution in [0, 0.1) is 0 Å². The smallest absolute Gasteiger partial charge is 0.272 e. The highest BCUT2D eigenvalue weighted by molar-refractivity contribution is 5.96. The molecule has 0 atom stereocenters. The zero-order valence-electron chi connectivity index (χ0n) is 19.9. The minimum atomic E-state index is -0.393. The maximum atomic E-state index is 13.0. The molecule has 3 heterocycles. The average Bonchev–Trinajstić information content (AvgIpc) is 3.52. The number of benzene rings is 2. The topological polar surface area (TPSA) is 129 Å². The highest BCUT2D eigenvalue weighted by atomic mass is 16.5. The first-order valence-electron chi connectivity index (χ1n) is 11.8. The third kappa shape index (κ3) is 5.53. The number of hydrogen-bond donors (Lipinski definition) is 3. The molecule has 2 aromatic heterocycles. The van der Waals surface area contributed by atoms with Gasteiger partial charge in [0.25, 0.3) is 11.8 Å². The van der Waals surface area contributed by atoms with Crippen LogP contribution in [0.1, 0.15) is 37.8 Å². The number of rotatable bonds is 9. The minimum absolute atomic E-state index is 0.131. The normalized spacial score (nSPS) is 12.2. The van der Waals surface area contributed by atoms with Gasteiger partial charge in [0.15, 0.2) is 11.4 Å². The number of para-hydroxylation sites is 1. The Hall–Kier alpha value is -4.86. The Kier molecular flexibility index (Phi) is 6.98. The van der Waals surface area contributed by atoms with Gasteiger partial charge in [-0.25, -0.2) is 0 Å². The summed E-state index contributed by atoms with van der Waals surface area (Å²) in [6.45, 7) is 1.31. The lowest BCUT2D eigenvalue weighted by Crippen LogP contribution is -2.30. The molecule has 188 valence electrons. The summed E-state index contributed by atoms with van der Waals surface area (Å²) in [5, 5.41) is 9.75. The number of nitrogens with zero attached hydrogens (tertiary/aromatic N) is 2. The van der Waals surface area contributed by atoms with E-state index < -0.39 is 5.43 Å². The summed E-state index contributed by atoms with van der Waals surface area (Å²) in [7, 11) is 0. The van der Waals surface area contributed by atoms with Gasteiger partial charge >= 0.3 is 0 Å². The molecule has 1 aliphatic rings. The number of amides is 2. The van der Waals surface area contributed by atoms with Gasteiger partial charge in [-0.2, -0.15) is 5.10 Å². The van der Waals surface area contributed by atoms with Crippen LogP contribution in [0.4, 0.5) is 0 Å². The van der Waals surface area contributed by atoms with Gasteiger partial charge in [-0.05, 0) is 17.7 Å². The van der Waals surface area contributed by atoms with E-state index >= 15 is 0 Å². The second-order valence-corrected chi connectivity index (χ2v) is 8.46. The second-order valence-electron chi connectivity index (χ2n) is 8.46. The van der Waals surface area contributed by atoms with Gasteiger partial charge in [0.1, 0.15) is 24.7 Å². The summed E-state index contributed by atoms with van der Waals surface area (Å²) in [6, 6.07) is 20.0. The highest BCUT2D eigenvalue weighted by Gasteiger charge is 2.31. The molecule has 2 aromatic carbocycles. The monoisotopic (exact) mass is 499 g/mol. The van der Waals surface area contributed by atoms with Gasteiger partial charge in [0.2, 0.25) is 5.43 Å². The molecule has 0 unspecified atom stereocenters. The van der Waals surface area contributed by atoms with E-state index in [1.54, 1.807) is 0 Å². The number of H-pyrrole nitrogens is 2. The summed E-state index contributed by atoms with van der Waals surface area (Å²) < 4.78 is 11.2. The van der Waals surface area contributed by atoms with Gasteiger partial charge in [0, 0.05) is 17.8 Å². The summed E-state index contributed by atoms with van der Waals surface area (Å²) in [6.07, 6.45) is 1.39. The fourth-order valence-corrected chi connectivity index (χ4v) is 4.01. The average molecular weight is 500 g/mol. The number of carbonyl (C=O) groups excluding carboxylic acids is 2. The zero-order chi connectivity index (χ0) is 25.6. The molecule has 0 saturated heterocycles. The van der Waals surface area contributed by atoms with Crippen LogP contribution < -0.4 is 20.2 Å². The molecular weight excluding hydrogens is 474 g/mol.